The van der Waals surface area contributed by atoms with Crippen LogP contribution in [0.4, 0.5) is 11.5 Å². The maximum absolute atomic E-state index is 12.9. The Labute approximate surface area is 156 Å². The normalized spacial score (nSPS) is 11.7. The van der Waals surface area contributed by atoms with Crippen molar-refractivity contribution in [1.29, 1.82) is 0 Å². The van der Waals surface area contributed by atoms with E-state index in [2.05, 4.69) is 10.5 Å². The van der Waals surface area contributed by atoms with Gasteiger partial charge in [-0.15, -0.1) is 0 Å². The second-order valence-electron chi connectivity index (χ2n) is 6.32. The molecule has 0 unspecified atom stereocenters. The third-order valence-corrected chi connectivity index (χ3v) is 4.25. The summed E-state index contributed by atoms with van der Waals surface area (Å²) in [5, 5.41) is 17.4. The van der Waals surface area contributed by atoms with Crippen LogP contribution in [0, 0.1) is 24.0 Å². The molecule has 0 saturated heterocycles. The zero-order valence-corrected chi connectivity index (χ0v) is 15.7. The lowest BCUT2D eigenvalue weighted by Gasteiger charge is -2.28. The van der Waals surface area contributed by atoms with Crippen LogP contribution in [0.15, 0.2) is 28.8 Å². The minimum absolute atomic E-state index is 0.132. The fraction of sp³-hybridized carbons (Fsp3) is 0.389. The van der Waals surface area contributed by atoms with E-state index in [0.717, 1.165) is 0 Å². The van der Waals surface area contributed by atoms with Crippen molar-refractivity contribution in [3.8, 4) is 0 Å². The lowest BCUT2D eigenvalue weighted by Crippen LogP contribution is -2.43. The van der Waals surface area contributed by atoms with Gasteiger partial charge in [0.15, 0.2) is 5.82 Å². The van der Waals surface area contributed by atoms with E-state index in [1.807, 2.05) is 13.8 Å². The second kappa shape index (κ2) is 8.43. The van der Waals surface area contributed by atoms with E-state index >= 15 is 0 Å². The summed E-state index contributed by atoms with van der Waals surface area (Å²) in [6.07, 6.45) is 0.621. The Hall–Kier alpha value is -3.23. The van der Waals surface area contributed by atoms with Gasteiger partial charge < -0.3 is 14.7 Å². The summed E-state index contributed by atoms with van der Waals surface area (Å²) in [4.78, 5) is 37.2. The number of nitro benzene ring substituents is 1. The van der Waals surface area contributed by atoms with E-state index in [1.165, 1.54) is 23.1 Å². The minimum Gasteiger partial charge on any atom is -0.360 e. The molecule has 1 aromatic heterocycles. The average molecular weight is 374 g/mol. The van der Waals surface area contributed by atoms with Crippen molar-refractivity contribution in [1.82, 2.24) is 10.1 Å². The number of aryl methyl sites for hydroxylation is 2. The number of hydrogen-bond acceptors (Lipinski definition) is 6. The molecule has 0 radical (unpaired) electrons. The monoisotopic (exact) mass is 374 g/mol. The molecule has 2 aromatic rings. The number of nitro groups is 1. The summed E-state index contributed by atoms with van der Waals surface area (Å²) in [5.41, 5.74) is 0.496. The number of nitrogens with one attached hydrogen (secondary N) is 1. The van der Waals surface area contributed by atoms with Crippen molar-refractivity contribution in [2.75, 3.05) is 11.9 Å². The van der Waals surface area contributed by atoms with Crippen LogP contribution in [0.2, 0.25) is 0 Å². The van der Waals surface area contributed by atoms with Crippen molar-refractivity contribution in [3.05, 3.63) is 51.3 Å². The number of rotatable bonds is 7. The van der Waals surface area contributed by atoms with Gasteiger partial charge in [-0.1, -0.05) is 18.1 Å². The number of amides is 2. The molecule has 1 heterocycles. The summed E-state index contributed by atoms with van der Waals surface area (Å²) >= 11 is 0. The summed E-state index contributed by atoms with van der Waals surface area (Å²) in [5.74, 6) is -0.0651. The van der Waals surface area contributed by atoms with Crippen LogP contribution in [0.3, 0.4) is 0 Å². The van der Waals surface area contributed by atoms with E-state index in [1.54, 1.807) is 19.9 Å². The highest BCUT2D eigenvalue weighted by molar-refractivity contribution is 5.99. The zero-order chi connectivity index (χ0) is 20.1. The van der Waals surface area contributed by atoms with Gasteiger partial charge in [-0.05, 0) is 33.3 Å². The molecule has 0 aliphatic heterocycles. The van der Waals surface area contributed by atoms with Gasteiger partial charge in [-0.2, -0.15) is 0 Å². The Morgan fingerprint density at radius 3 is 2.59 bits per heavy atom. The zero-order valence-electron chi connectivity index (χ0n) is 15.7. The lowest BCUT2D eigenvalue weighted by molar-refractivity contribution is -0.385. The van der Waals surface area contributed by atoms with E-state index in [9.17, 15) is 19.7 Å². The minimum atomic E-state index is -0.528. The van der Waals surface area contributed by atoms with Crippen LogP contribution in [0.1, 0.15) is 41.9 Å². The number of carbonyl (C=O) groups is 2. The van der Waals surface area contributed by atoms with Crippen LogP contribution < -0.4 is 5.32 Å². The summed E-state index contributed by atoms with van der Waals surface area (Å²) < 4.78 is 4.89. The first-order valence-corrected chi connectivity index (χ1v) is 8.52. The van der Waals surface area contributed by atoms with Crippen molar-refractivity contribution in [3.63, 3.8) is 0 Å². The smallest absolute Gasteiger partial charge is 0.273 e. The molecule has 0 spiro atoms. The predicted octanol–water partition coefficient (Wildman–Crippen LogP) is 3.08. The first-order chi connectivity index (χ1) is 12.7. The number of carbonyl (C=O) groups excluding carboxylic acids is 2. The van der Waals surface area contributed by atoms with E-state index in [-0.39, 0.29) is 29.7 Å². The van der Waals surface area contributed by atoms with Crippen molar-refractivity contribution in [2.24, 2.45) is 0 Å². The SMILES string of the molecule is CC[C@H](C)N(CC(=O)Nc1cc(C)on1)C(=O)c1ccc(C)c([N+](=O)[O-])c1. The van der Waals surface area contributed by atoms with Crippen molar-refractivity contribution in [2.45, 2.75) is 40.2 Å². The van der Waals surface area contributed by atoms with Gasteiger partial charge in [-0.3, -0.25) is 19.7 Å². The summed E-state index contributed by atoms with van der Waals surface area (Å²) in [7, 11) is 0. The highest BCUT2D eigenvalue weighted by Crippen LogP contribution is 2.21. The van der Waals surface area contributed by atoms with E-state index in [0.29, 0.717) is 17.7 Å². The highest BCUT2D eigenvalue weighted by Gasteiger charge is 2.25. The predicted molar refractivity (Wildman–Crippen MR) is 98.5 cm³/mol. The number of benzene rings is 1. The van der Waals surface area contributed by atoms with Gasteiger partial charge in [0.1, 0.15) is 12.3 Å². The standard InChI is InChI=1S/C18H22N4O5/c1-5-12(3)21(10-17(23)19-16-8-13(4)27-20-16)18(24)14-7-6-11(2)15(9-14)22(25)26/h6-9,12H,5,10H2,1-4H3,(H,19,20,23)/t12-/m0/s1. The van der Waals surface area contributed by atoms with Crippen LogP contribution in [-0.4, -0.2) is 39.4 Å². The van der Waals surface area contributed by atoms with Crippen molar-refractivity contribution >= 4 is 23.3 Å². The third-order valence-electron chi connectivity index (χ3n) is 4.25. The quantitative estimate of drug-likeness (QED) is 0.587. The Morgan fingerprint density at radius 2 is 2.04 bits per heavy atom. The number of nitrogens with zero attached hydrogens (tertiary/aromatic N) is 3. The molecule has 27 heavy (non-hydrogen) atoms. The Morgan fingerprint density at radius 1 is 1.33 bits per heavy atom. The van der Waals surface area contributed by atoms with Gasteiger partial charge in [0.05, 0.1) is 4.92 Å². The Balaban J connectivity index is 2.22. The van der Waals surface area contributed by atoms with Gasteiger partial charge in [-0.25, -0.2) is 0 Å². The van der Waals surface area contributed by atoms with Crippen LogP contribution >= 0.6 is 0 Å². The molecular weight excluding hydrogens is 352 g/mol. The highest BCUT2D eigenvalue weighted by atomic mass is 16.6. The molecule has 144 valence electrons. The molecule has 2 amide bonds. The first-order valence-electron chi connectivity index (χ1n) is 8.52. The molecular formula is C18H22N4O5. The first kappa shape index (κ1) is 20.1. The maximum atomic E-state index is 12.9. The average Bonchev–Trinajstić information content (AvgIpc) is 3.03. The molecule has 0 aliphatic carbocycles. The molecule has 0 saturated carbocycles. The molecule has 2 rings (SSSR count). The molecule has 1 aromatic carbocycles. The van der Waals surface area contributed by atoms with E-state index < -0.39 is 16.7 Å². The van der Waals surface area contributed by atoms with Gasteiger partial charge >= 0.3 is 0 Å². The van der Waals surface area contributed by atoms with Crippen LogP contribution in [-0.2, 0) is 4.79 Å². The maximum Gasteiger partial charge on any atom is 0.273 e. The third kappa shape index (κ3) is 4.90. The van der Waals surface area contributed by atoms with Crippen molar-refractivity contribution < 1.29 is 19.0 Å². The Kier molecular flexibility index (Phi) is 6.27. The molecule has 9 nitrogen and oxygen atoms in total. The van der Waals surface area contributed by atoms with Gasteiger partial charge in [0.2, 0.25) is 5.91 Å². The second-order valence-corrected chi connectivity index (χ2v) is 6.32. The van der Waals surface area contributed by atoms with Gasteiger partial charge in [0, 0.05) is 29.3 Å². The molecule has 9 heteroatoms. The summed E-state index contributed by atoms with van der Waals surface area (Å²) in [6.45, 7) is 6.80. The van der Waals surface area contributed by atoms with Crippen LogP contribution in [0.5, 0.6) is 0 Å². The molecule has 0 bridgehead atoms. The largest absolute Gasteiger partial charge is 0.360 e. The fourth-order valence-corrected chi connectivity index (χ4v) is 2.52. The number of anilines is 1. The fourth-order valence-electron chi connectivity index (χ4n) is 2.52. The lowest BCUT2D eigenvalue weighted by atomic mass is 10.1. The topological polar surface area (TPSA) is 119 Å². The van der Waals surface area contributed by atoms with E-state index in [4.69, 9.17) is 4.52 Å². The number of aromatic nitrogens is 1. The molecule has 1 N–H and O–H groups in total. The van der Waals surface area contributed by atoms with Gasteiger partial charge in [0.25, 0.3) is 11.6 Å². The van der Waals surface area contributed by atoms with Crippen LogP contribution in [0.25, 0.3) is 0 Å². The molecule has 0 aliphatic rings. The molecule has 0 fully saturated rings. The molecule has 1 atom stereocenters. The number of hydrogen-bond donors (Lipinski definition) is 1. The summed E-state index contributed by atoms with van der Waals surface area (Å²) in [6, 6.07) is 5.63. The Bertz CT molecular complexity index is 861.